The highest BCUT2D eigenvalue weighted by molar-refractivity contribution is 7.99. The molecule has 1 N–H and O–H groups in total. The van der Waals surface area contributed by atoms with E-state index in [9.17, 15) is 4.79 Å². The maximum Gasteiger partial charge on any atom is 0.313 e. The Morgan fingerprint density at radius 1 is 1.47 bits per heavy atom. The van der Waals surface area contributed by atoms with Gasteiger partial charge < -0.3 is 14.6 Å². The molecular formula is C13H23N3O2S. The number of hydrogen-bond acceptors (Lipinski definition) is 4. The summed E-state index contributed by atoms with van der Waals surface area (Å²) in [5, 5.41) is 9.53. The zero-order valence-corrected chi connectivity index (χ0v) is 12.7. The molecule has 0 radical (unpaired) electrons. The van der Waals surface area contributed by atoms with Crippen molar-refractivity contribution >= 4 is 17.7 Å². The fourth-order valence-corrected chi connectivity index (χ4v) is 2.72. The highest BCUT2D eigenvalue weighted by atomic mass is 32.2. The van der Waals surface area contributed by atoms with Crippen molar-refractivity contribution in [3.05, 3.63) is 11.9 Å². The molecule has 0 aliphatic heterocycles. The molecule has 0 atom stereocenters. The van der Waals surface area contributed by atoms with Crippen LogP contribution in [0.5, 0.6) is 0 Å². The second-order valence-electron chi connectivity index (χ2n) is 4.40. The van der Waals surface area contributed by atoms with Crippen molar-refractivity contribution in [2.24, 2.45) is 0 Å². The lowest BCUT2D eigenvalue weighted by Crippen LogP contribution is -2.25. The molecule has 1 rings (SSSR count). The molecule has 6 heteroatoms. The average molecular weight is 285 g/mol. The van der Waals surface area contributed by atoms with Crippen molar-refractivity contribution in [3.63, 3.8) is 0 Å². The molecule has 108 valence electrons. The Morgan fingerprint density at radius 3 is 2.74 bits per heavy atom. The Hall–Kier alpha value is -1.01. The van der Waals surface area contributed by atoms with E-state index in [4.69, 9.17) is 5.11 Å². The van der Waals surface area contributed by atoms with Crippen molar-refractivity contribution < 1.29 is 9.90 Å². The Bertz CT molecular complexity index is 403. The smallest absolute Gasteiger partial charge is 0.313 e. The zero-order valence-electron chi connectivity index (χ0n) is 11.9. The summed E-state index contributed by atoms with van der Waals surface area (Å²) < 4.78 is 2.11. The number of nitrogens with zero attached hydrogens (tertiary/aromatic N) is 3. The van der Waals surface area contributed by atoms with E-state index in [1.807, 2.05) is 13.1 Å². The van der Waals surface area contributed by atoms with Crippen LogP contribution in [0.2, 0.25) is 0 Å². The van der Waals surface area contributed by atoms with Crippen LogP contribution in [0.25, 0.3) is 0 Å². The van der Waals surface area contributed by atoms with E-state index in [1.165, 1.54) is 11.8 Å². The molecule has 0 unspecified atom stereocenters. The second-order valence-corrected chi connectivity index (χ2v) is 5.34. The SMILES string of the molecule is CCN(CC)CCCn1c(C)cnc1SCC(=O)O. The summed E-state index contributed by atoms with van der Waals surface area (Å²) >= 11 is 1.29. The van der Waals surface area contributed by atoms with Gasteiger partial charge in [0.25, 0.3) is 0 Å². The Labute approximate surface area is 119 Å². The van der Waals surface area contributed by atoms with Gasteiger partial charge in [0.1, 0.15) is 0 Å². The molecule has 0 saturated heterocycles. The number of rotatable bonds is 9. The van der Waals surface area contributed by atoms with Crippen LogP contribution in [0.15, 0.2) is 11.4 Å². The lowest BCUT2D eigenvalue weighted by molar-refractivity contribution is -0.133. The number of carboxylic acid groups (broad SMARTS) is 1. The van der Waals surface area contributed by atoms with E-state index in [0.29, 0.717) is 0 Å². The van der Waals surface area contributed by atoms with Gasteiger partial charge in [-0.3, -0.25) is 4.79 Å². The molecular weight excluding hydrogens is 262 g/mol. The van der Waals surface area contributed by atoms with Gasteiger partial charge in [-0.1, -0.05) is 25.6 Å². The van der Waals surface area contributed by atoms with Gasteiger partial charge in [-0.05, 0) is 33.0 Å². The van der Waals surface area contributed by atoms with Crippen LogP contribution in [0.3, 0.4) is 0 Å². The molecule has 0 amide bonds. The second kappa shape index (κ2) is 8.22. The van der Waals surface area contributed by atoms with Crippen LogP contribution < -0.4 is 0 Å². The average Bonchev–Trinajstić information content (AvgIpc) is 2.73. The molecule has 1 aromatic rings. The van der Waals surface area contributed by atoms with Crippen molar-refractivity contribution in [2.45, 2.75) is 38.9 Å². The topological polar surface area (TPSA) is 58.4 Å². The van der Waals surface area contributed by atoms with E-state index in [2.05, 4.69) is 28.3 Å². The summed E-state index contributed by atoms with van der Waals surface area (Å²) in [6.45, 7) is 10.4. The molecule has 19 heavy (non-hydrogen) atoms. The number of aromatic nitrogens is 2. The van der Waals surface area contributed by atoms with Crippen molar-refractivity contribution in [3.8, 4) is 0 Å². The molecule has 0 aromatic carbocycles. The summed E-state index contributed by atoms with van der Waals surface area (Å²) in [5.41, 5.74) is 1.09. The minimum absolute atomic E-state index is 0.0620. The fraction of sp³-hybridized carbons (Fsp3) is 0.692. The summed E-state index contributed by atoms with van der Waals surface area (Å²) in [5.74, 6) is -0.743. The minimum Gasteiger partial charge on any atom is -0.481 e. The van der Waals surface area contributed by atoms with Crippen molar-refractivity contribution in [2.75, 3.05) is 25.4 Å². The quantitative estimate of drug-likeness (QED) is 0.704. The highest BCUT2D eigenvalue weighted by Gasteiger charge is 2.09. The van der Waals surface area contributed by atoms with Crippen LogP contribution in [0, 0.1) is 6.92 Å². The van der Waals surface area contributed by atoms with E-state index >= 15 is 0 Å². The number of carbonyl (C=O) groups is 1. The van der Waals surface area contributed by atoms with Crippen LogP contribution >= 0.6 is 11.8 Å². The van der Waals surface area contributed by atoms with E-state index in [-0.39, 0.29) is 5.75 Å². The molecule has 0 aliphatic carbocycles. The largest absolute Gasteiger partial charge is 0.481 e. The maximum atomic E-state index is 10.6. The van der Waals surface area contributed by atoms with E-state index < -0.39 is 5.97 Å². The first kappa shape index (κ1) is 16.0. The van der Waals surface area contributed by atoms with Crippen LogP contribution in [0.4, 0.5) is 0 Å². The first-order valence-electron chi connectivity index (χ1n) is 6.67. The van der Waals surface area contributed by atoms with Gasteiger partial charge in [0.15, 0.2) is 5.16 Å². The van der Waals surface area contributed by atoms with Gasteiger partial charge in [0.2, 0.25) is 0 Å². The molecule has 0 fully saturated rings. The van der Waals surface area contributed by atoms with Crippen molar-refractivity contribution in [1.82, 2.24) is 14.5 Å². The zero-order chi connectivity index (χ0) is 14.3. The number of carboxylic acids is 1. The van der Waals surface area contributed by atoms with Crippen molar-refractivity contribution in [1.29, 1.82) is 0 Å². The Balaban J connectivity index is 2.52. The molecule has 0 spiro atoms. The summed E-state index contributed by atoms with van der Waals surface area (Å²) in [4.78, 5) is 17.3. The number of aryl methyl sites for hydroxylation is 1. The highest BCUT2D eigenvalue weighted by Crippen LogP contribution is 2.18. The third-order valence-electron chi connectivity index (χ3n) is 3.09. The fourth-order valence-electron chi connectivity index (χ4n) is 1.94. The predicted molar refractivity (Wildman–Crippen MR) is 77.7 cm³/mol. The third-order valence-corrected chi connectivity index (χ3v) is 4.07. The first-order chi connectivity index (χ1) is 9.08. The van der Waals surface area contributed by atoms with Gasteiger partial charge in [0, 0.05) is 18.4 Å². The molecule has 0 aliphatic rings. The monoisotopic (exact) mass is 285 g/mol. The Kier molecular flexibility index (Phi) is 6.94. The minimum atomic E-state index is -0.805. The van der Waals surface area contributed by atoms with E-state index in [0.717, 1.165) is 43.5 Å². The molecule has 0 bridgehead atoms. The van der Waals surface area contributed by atoms with Crippen LogP contribution in [0.1, 0.15) is 26.0 Å². The third kappa shape index (κ3) is 5.24. The number of thioether (sulfide) groups is 1. The number of hydrogen-bond donors (Lipinski definition) is 1. The molecule has 1 heterocycles. The van der Waals surface area contributed by atoms with Gasteiger partial charge in [-0.15, -0.1) is 0 Å². The normalized spacial score (nSPS) is 11.2. The van der Waals surface area contributed by atoms with Crippen LogP contribution in [-0.4, -0.2) is 50.9 Å². The molecule has 0 saturated carbocycles. The predicted octanol–water partition coefficient (Wildman–Crippen LogP) is 2.10. The van der Waals surface area contributed by atoms with Gasteiger partial charge in [0.05, 0.1) is 5.75 Å². The lowest BCUT2D eigenvalue weighted by atomic mass is 10.3. The molecule has 5 nitrogen and oxygen atoms in total. The number of aliphatic carboxylic acids is 1. The standard InChI is InChI=1S/C13H23N3O2S/c1-4-15(5-2)7-6-8-16-11(3)9-14-13(16)19-10-12(17)18/h9H,4-8,10H2,1-3H3,(H,17,18). The van der Waals surface area contributed by atoms with Gasteiger partial charge >= 0.3 is 5.97 Å². The summed E-state index contributed by atoms with van der Waals surface area (Å²) in [6, 6.07) is 0. The lowest BCUT2D eigenvalue weighted by Gasteiger charge is -2.18. The maximum absolute atomic E-state index is 10.6. The van der Waals surface area contributed by atoms with Gasteiger partial charge in [-0.25, -0.2) is 4.98 Å². The summed E-state index contributed by atoms with van der Waals surface area (Å²) in [7, 11) is 0. The van der Waals surface area contributed by atoms with E-state index in [1.54, 1.807) is 0 Å². The van der Waals surface area contributed by atoms with Gasteiger partial charge in [-0.2, -0.15) is 0 Å². The van der Waals surface area contributed by atoms with Crippen LogP contribution in [-0.2, 0) is 11.3 Å². The Morgan fingerprint density at radius 2 is 2.16 bits per heavy atom. The summed E-state index contributed by atoms with van der Waals surface area (Å²) in [6.07, 6.45) is 2.86. The molecule has 1 aromatic heterocycles. The first-order valence-corrected chi connectivity index (χ1v) is 7.66. The number of imidazole rings is 1.